The molecule has 18 heavy (non-hydrogen) atoms. The molecule has 2 aromatic heterocycles. The summed E-state index contributed by atoms with van der Waals surface area (Å²) >= 11 is 5.95. The molecule has 1 atom stereocenters. The zero-order valence-electron chi connectivity index (χ0n) is 10.1. The van der Waals surface area contributed by atoms with E-state index in [0.29, 0.717) is 11.6 Å². The van der Waals surface area contributed by atoms with E-state index in [9.17, 15) is 0 Å². The first kappa shape index (κ1) is 13.1. The number of aromatic nitrogens is 3. The van der Waals surface area contributed by atoms with Gasteiger partial charge in [-0.15, -0.1) is 0 Å². The molecule has 0 saturated heterocycles. The molecule has 3 N–H and O–H groups in total. The Morgan fingerprint density at radius 1 is 1.61 bits per heavy atom. The van der Waals surface area contributed by atoms with Gasteiger partial charge in [-0.3, -0.25) is 16.0 Å². The summed E-state index contributed by atoms with van der Waals surface area (Å²) in [6.07, 6.45) is 4.70. The van der Waals surface area contributed by atoms with Crippen LogP contribution in [0.3, 0.4) is 0 Å². The maximum absolute atomic E-state index is 5.95. The second kappa shape index (κ2) is 5.99. The van der Waals surface area contributed by atoms with Gasteiger partial charge in [0.15, 0.2) is 5.22 Å². The minimum atomic E-state index is -0.143. The predicted octanol–water partition coefficient (Wildman–Crippen LogP) is 1.68. The van der Waals surface area contributed by atoms with Crippen molar-refractivity contribution >= 4 is 11.6 Å². The average molecular weight is 270 g/mol. The average Bonchev–Trinajstić information content (AvgIpc) is 2.96. The molecule has 0 spiro atoms. The number of nitrogens with one attached hydrogen (secondary N) is 1. The minimum absolute atomic E-state index is 0.143. The largest absolute Gasteiger partial charge is 0.453 e. The van der Waals surface area contributed by atoms with Gasteiger partial charge in [-0.25, -0.2) is 4.98 Å². The lowest BCUT2D eigenvalue weighted by Crippen LogP contribution is -2.30. The first-order valence-electron chi connectivity index (χ1n) is 5.82. The van der Waals surface area contributed by atoms with E-state index in [2.05, 4.69) is 22.4 Å². The molecule has 0 aromatic carbocycles. The Morgan fingerprint density at radius 2 is 2.44 bits per heavy atom. The highest BCUT2D eigenvalue weighted by Crippen LogP contribution is 2.25. The van der Waals surface area contributed by atoms with Crippen molar-refractivity contribution in [3.05, 3.63) is 35.3 Å². The van der Waals surface area contributed by atoms with E-state index in [0.717, 1.165) is 24.4 Å². The Labute approximate surface area is 110 Å². The van der Waals surface area contributed by atoms with Crippen molar-refractivity contribution in [2.75, 3.05) is 0 Å². The molecule has 98 valence electrons. The van der Waals surface area contributed by atoms with Gasteiger partial charge >= 0.3 is 0 Å². The van der Waals surface area contributed by atoms with Crippen LogP contribution in [0.15, 0.2) is 23.1 Å². The van der Waals surface area contributed by atoms with Gasteiger partial charge in [-0.1, -0.05) is 6.92 Å². The fourth-order valence-electron chi connectivity index (χ4n) is 1.84. The number of halogens is 1. The Hall–Kier alpha value is -1.37. The van der Waals surface area contributed by atoms with Crippen LogP contribution in [-0.4, -0.2) is 14.8 Å². The molecule has 0 aliphatic heterocycles. The molecule has 0 fully saturated rings. The van der Waals surface area contributed by atoms with Crippen molar-refractivity contribution < 1.29 is 4.42 Å². The van der Waals surface area contributed by atoms with E-state index in [-0.39, 0.29) is 6.04 Å². The van der Waals surface area contributed by atoms with Crippen molar-refractivity contribution in [3.63, 3.8) is 0 Å². The summed E-state index contributed by atoms with van der Waals surface area (Å²) in [5, 5.41) is 4.52. The van der Waals surface area contributed by atoms with Crippen LogP contribution in [0, 0.1) is 0 Å². The summed E-state index contributed by atoms with van der Waals surface area (Å²) in [5.74, 6) is 6.44. The molecular weight excluding hydrogens is 254 g/mol. The normalized spacial score (nSPS) is 12.8. The monoisotopic (exact) mass is 269 g/mol. The molecule has 2 heterocycles. The van der Waals surface area contributed by atoms with E-state index in [1.165, 1.54) is 0 Å². The quantitative estimate of drug-likeness (QED) is 0.616. The third-order valence-electron chi connectivity index (χ3n) is 2.74. The number of furan rings is 1. The summed E-state index contributed by atoms with van der Waals surface area (Å²) in [7, 11) is 0. The second-order valence-corrected chi connectivity index (χ2v) is 4.32. The number of rotatable bonds is 6. The van der Waals surface area contributed by atoms with Crippen LogP contribution in [0.2, 0.25) is 5.22 Å². The molecule has 2 aromatic rings. The number of hydrazine groups is 1. The van der Waals surface area contributed by atoms with Gasteiger partial charge in [0.2, 0.25) is 0 Å². The van der Waals surface area contributed by atoms with Crippen LogP contribution in [-0.2, 0) is 13.0 Å². The van der Waals surface area contributed by atoms with Gasteiger partial charge in [0.25, 0.3) is 0 Å². The van der Waals surface area contributed by atoms with Crippen molar-refractivity contribution in [1.82, 2.24) is 20.2 Å². The summed E-state index contributed by atoms with van der Waals surface area (Å²) in [6.45, 7) is 2.93. The molecular formula is C11H16ClN5O. The number of hydrogen-bond donors (Lipinski definition) is 2. The first-order chi connectivity index (χ1) is 8.76. The van der Waals surface area contributed by atoms with E-state index < -0.39 is 0 Å². The first-order valence-corrected chi connectivity index (χ1v) is 6.19. The van der Waals surface area contributed by atoms with Crippen molar-refractivity contribution in [2.45, 2.75) is 32.4 Å². The van der Waals surface area contributed by atoms with Crippen LogP contribution in [0.5, 0.6) is 0 Å². The summed E-state index contributed by atoms with van der Waals surface area (Å²) < 4.78 is 6.94. The minimum Gasteiger partial charge on any atom is -0.453 e. The zero-order valence-corrected chi connectivity index (χ0v) is 10.9. The predicted molar refractivity (Wildman–Crippen MR) is 67.8 cm³/mol. The summed E-state index contributed by atoms with van der Waals surface area (Å²) in [4.78, 5) is 4.24. The number of hydrogen-bond acceptors (Lipinski definition) is 5. The summed E-state index contributed by atoms with van der Waals surface area (Å²) in [5.41, 5.74) is 3.55. The smallest absolute Gasteiger partial charge is 0.197 e. The van der Waals surface area contributed by atoms with Crippen LogP contribution < -0.4 is 11.3 Å². The molecule has 0 bridgehead atoms. The highest BCUT2D eigenvalue weighted by Gasteiger charge is 2.18. The fourth-order valence-corrected chi connectivity index (χ4v) is 2.09. The third kappa shape index (κ3) is 2.72. The van der Waals surface area contributed by atoms with Gasteiger partial charge in [0.05, 0.1) is 12.3 Å². The Morgan fingerprint density at radius 3 is 3.06 bits per heavy atom. The molecule has 1 unspecified atom stereocenters. The fraction of sp³-hybridized carbons (Fsp3) is 0.455. The summed E-state index contributed by atoms with van der Waals surface area (Å²) in [6, 6.07) is 1.66. The van der Waals surface area contributed by atoms with Crippen LogP contribution in [0.4, 0.5) is 0 Å². The van der Waals surface area contributed by atoms with E-state index in [1.54, 1.807) is 18.7 Å². The van der Waals surface area contributed by atoms with Gasteiger partial charge in [-0.2, -0.15) is 5.10 Å². The standard InChI is InChI=1S/C11H16ClN5O/c1-2-4-17-10(14-7-15-17)6-9(16-13)8-3-5-18-11(8)12/h3,5,7,9,16H,2,4,6,13H2,1H3. The highest BCUT2D eigenvalue weighted by molar-refractivity contribution is 6.29. The SMILES string of the molecule is CCCn1ncnc1CC(NN)c1ccoc1Cl. The van der Waals surface area contributed by atoms with Gasteiger partial charge in [0.1, 0.15) is 12.2 Å². The van der Waals surface area contributed by atoms with Crippen LogP contribution >= 0.6 is 11.6 Å². The number of nitrogens with zero attached hydrogens (tertiary/aromatic N) is 3. The van der Waals surface area contributed by atoms with Crippen molar-refractivity contribution in [1.29, 1.82) is 0 Å². The molecule has 0 radical (unpaired) electrons. The molecule has 0 aliphatic carbocycles. The molecule has 0 aliphatic rings. The molecule has 2 rings (SSSR count). The lowest BCUT2D eigenvalue weighted by atomic mass is 10.1. The van der Waals surface area contributed by atoms with Crippen molar-refractivity contribution in [2.24, 2.45) is 5.84 Å². The molecule has 6 nitrogen and oxygen atoms in total. The van der Waals surface area contributed by atoms with Crippen LogP contribution in [0.1, 0.15) is 30.8 Å². The molecule has 7 heteroatoms. The van der Waals surface area contributed by atoms with E-state index in [1.807, 2.05) is 4.68 Å². The Kier molecular flexibility index (Phi) is 4.35. The van der Waals surface area contributed by atoms with Crippen molar-refractivity contribution in [3.8, 4) is 0 Å². The number of nitrogens with two attached hydrogens (primary N) is 1. The maximum Gasteiger partial charge on any atom is 0.197 e. The lowest BCUT2D eigenvalue weighted by molar-refractivity contribution is 0.491. The van der Waals surface area contributed by atoms with Gasteiger partial charge in [0, 0.05) is 18.5 Å². The number of aryl methyl sites for hydroxylation is 1. The van der Waals surface area contributed by atoms with Crippen LogP contribution in [0.25, 0.3) is 0 Å². The zero-order chi connectivity index (χ0) is 13.0. The molecule has 0 amide bonds. The maximum atomic E-state index is 5.95. The molecule has 0 saturated carbocycles. The van der Waals surface area contributed by atoms with E-state index in [4.69, 9.17) is 21.9 Å². The lowest BCUT2D eigenvalue weighted by Gasteiger charge is -2.14. The third-order valence-corrected chi connectivity index (χ3v) is 3.05. The van der Waals surface area contributed by atoms with Gasteiger partial charge in [-0.05, 0) is 24.1 Å². The second-order valence-electron chi connectivity index (χ2n) is 3.97. The van der Waals surface area contributed by atoms with Gasteiger partial charge < -0.3 is 4.42 Å². The Balaban J connectivity index is 2.15. The van der Waals surface area contributed by atoms with E-state index >= 15 is 0 Å². The Bertz CT molecular complexity index is 495. The topological polar surface area (TPSA) is 81.9 Å². The highest BCUT2D eigenvalue weighted by atomic mass is 35.5.